The topological polar surface area (TPSA) is 91.0 Å². The van der Waals surface area contributed by atoms with Crippen LogP contribution in [-0.4, -0.2) is 32.4 Å². The number of ether oxygens (including phenoxy) is 3. The van der Waals surface area contributed by atoms with E-state index < -0.39 is 5.97 Å². The van der Waals surface area contributed by atoms with Gasteiger partial charge in [0.05, 0.1) is 26.9 Å². The number of methoxy groups -OCH3 is 3. The lowest BCUT2D eigenvalue weighted by atomic mass is 10.0. The lowest BCUT2D eigenvalue weighted by Crippen LogP contribution is -2.00. The molecule has 0 saturated heterocycles. The molecule has 0 aliphatic heterocycles. The highest BCUT2D eigenvalue weighted by atomic mass is 16.5. The van der Waals surface area contributed by atoms with E-state index in [1.807, 2.05) is 0 Å². The molecular formula is C18H19NO5. The Kier molecular flexibility index (Phi) is 5.31. The molecule has 0 aliphatic carbocycles. The first-order valence-corrected chi connectivity index (χ1v) is 7.11. The Balaban J connectivity index is 2.57. The first kappa shape index (κ1) is 17.2. The second-order valence-corrected chi connectivity index (χ2v) is 4.94. The summed E-state index contributed by atoms with van der Waals surface area (Å²) in [4.78, 5) is 11.6. The van der Waals surface area contributed by atoms with Gasteiger partial charge in [0.15, 0.2) is 11.5 Å². The zero-order valence-corrected chi connectivity index (χ0v) is 13.7. The van der Waals surface area contributed by atoms with E-state index in [0.717, 1.165) is 0 Å². The van der Waals surface area contributed by atoms with Crippen LogP contribution in [0.25, 0.3) is 11.6 Å². The average Bonchev–Trinajstić information content (AvgIpc) is 2.59. The summed E-state index contributed by atoms with van der Waals surface area (Å²) in [5.41, 5.74) is 7.50. The van der Waals surface area contributed by atoms with E-state index in [1.165, 1.54) is 21.3 Å². The molecular weight excluding hydrogens is 310 g/mol. The Bertz CT molecular complexity index is 740. The number of carboxylic acid groups (broad SMARTS) is 1. The third kappa shape index (κ3) is 3.60. The van der Waals surface area contributed by atoms with Crippen molar-refractivity contribution in [1.82, 2.24) is 0 Å². The smallest absolute Gasteiger partial charge is 0.336 e. The van der Waals surface area contributed by atoms with Crippen LogP contribution < -0.4 is 19.9 Å². The second kappa shape index (κ2) is 7.41. The molecule has 0 fully saturated rings. The summed E-state index contributed by atoms with van der Waals surface area (Å²) in [7, 11) is 4.51. The molecule has 0 unspecified atom stereocenters. The molecule has 126 valence electrons. The van der Waals surface area contributed by atoms with Gasteiger partial charge in [-0.15, -0.1) is 0 Å². The van der Waals surface area contributed by atoms with Crippen LogP contribution in [0.1, 0.15) is 11.1 Å². The largest absolute Gasteiger partial charge is 0.493 e. The molecule has 2 aromatic carbocycles. The van der Waals surface area contributed by atoms with Gasteiger partial charge < -0.3 is 25.1 Å². The monoisotopic (exact) mass is 329 g/mol. The number of anilines is 1. The van der Waals surface area contributed by atoms with Crippen LogP contribution in [0, 0.1) is 0 Å². The van der Waals surface area contributed by atoms with E-state index in [-0.39, 0.29) is 5.57 Å². The standard InChI is InChI=1S/C18H19NO5/c1-22-15-9-11(10-16(23-2)17(15)24-3)8-14(18(20)21)12-4-6-13(19)7-5-12/h4-10H,19H2,1-3H3,(H,20,21)/b14-8-. The van der Waals surface area contributed by atoms with E-state index in [9.17, 15) is 9.90 Å². The molecule has 6 heteroatoms. The number of aliphatic carboxylic acids is 1. The molecule has 6 nitrogen and oxygen atoms in total. The lowest BCUT2D eigenvalue weighted by molar-refractivity contribution is -0.130. The van der Waals surface area contributed by atoms with Gasteiger partial charge in [-0.05, 0) is 41.5 Å². The van der Waals surface area contributed by atoms with Crippen molar-refractivity contribution in [3.63, 3.8) is 0 Å². The van der Waals surface area contributed by atoms with Crippen molar-refractivity contribution in [3.05, 3.63) is 47.5 Å². The molecule has 0 radical (unpaired) electrons. The zero-order valence-electron chi connectivity index (χ0n) is 13.7. The van der Waals surface area contributed by atoms with Crippen LogP contribution >= 0.6 is 0 Å². The van der Waals surface area contributed by atoms with Crippen molar-refractivity contribution < 1.29 is 24.1 Å². The molecule has 0 spiro atoms. The fraction of sp³-hybridized carbons (Fsp3) is 0.167. The van der Waals surface area contributed by atoms with Gasteiger partial charge in [0.2, 0.25) is 5.75 Å². The SMILES string of the molecule is COc1cc(/C=C(\C(=O)O)c2ccc(N)cc2)cc(OC)c1OC. The molecule has 0 bridgehead atoms. The van der Waals surface area contributed by atoms with E-state index >= 15 is 0 Å². The van der Waals surface area contributed by atoms with Crippen LogP contribution in [0.2, 0.25) is 0 Å². The van der Waals surface area contributed by atoms with Crippen molar-refractivity contribution in [2.75, 3.05) is 27.1 Å². The van der Waals surface area contributed by atoms with Gasteiger partial charge in [0.25, 0.3) is 0 Å². The number of nitrogens with two attached hydrogens (primary N) is 1. The van der Waals surface area contributed by atoms with Crippen LogP contribution in [-0.2, 0) is 4.79 Å². The van der Waals surface area contributed by atoms with Crippen LogP contribution in [0.15, 0.2) is 36.4 Å². The molecule has 0 heterocycles. The Morgan fingerprint density at radius 1 is 1.00 bits per heavy atom. The summed E-state index contributed by atoms with van der Waals surface area (Å²) < 4.78 is 15.8. The number of carboxylic acids is 1. The highest BCUT2D eigenvalue weighted by molar-refractivity contribution is 6.20. The maximum Gasteiger partial charge on any atom is 0.336 e. The summed E-state index contributed by atoms with van der Waals surface area (Å²) >= 11 is 0. The van der Waals surface area contributed by atoms with Gasteiger partial charge in [-0.1, -0.05) is 12.1 Å². The van der Waals surface area contributed by atoms with Gasteiger partial charge in [-0.2, -0.15) is 0 Å². The minimum absolute atomic E-state index is 0.129. The number of nitrogen functional groups attached to an aromatic ring is 1. The second-order valence-electron chi connectivity index (χ2n) is 4.94. The highest BCUT2D eigenvalue weighted by Crippen LogP contribution is 2.39. The molecule has 0 aromatic heterocycles. The fourth-order valence-corrected chi connectivity index (χ4v) is 2.28. The van der Waals surface area contributed by atoms with Gasteiger partial charge in [-0.25, -0.2) is 4.79 Å². The normalized spacial score (nSPS) is 11.0. The molecule has 0 aliphatic rings. The van der Waals surface area contributed by atoms with Crippen LogP contribution in [0.3, 0.4) is 0 Å². The van der Waals surface area contributed by atoms with E-state index in [2.05, 4.69) is 0 Å². The maximum absolute atomic E-state index is 11.6. The number of carbonyl (C=O) groups is 1. The summed E-state index contributed by atoms with van der Waals surface area (Å²) in [6.45, 7) is 0. The average molecular weight is 329 g/mol. The minimum Gasteiger partial charge on any atom is -0.493 e. The van der Waals surface area contributed by atoms with Crippen molar-refractivity contribution in [1.29, 1.82) is 0 Å². The predicted octanol–water partition coefficient (Wildman–Crippen LogP) is 2.92. The van der Waals surface area contributed by atoms with Gasteiger partial charge in [-0.3, -0.25) is 0 Å². The molecule has 3 N–H and O–H groups in total. The van der Waals surface area contributed by atoms with Crippen molar-refractivity contribution in [3.8, 4) is 17.2 Å². The lowest BCUT2D eigenvalue weighted by Gasteiger charge is -2.13. The fourth-order valence-electron chi connectivity index (χ4n) is 2.28. The number of benzene rings is 2. The molecule has 0 saturated carbocycles. The Morgan fingerprint density at radius 3 is 1.96 bits per heavy atom. The quantitative estimate of drug-likeness (QED) is 0.481. The summed E-state index contributed by atoms with van der Waals surface area (Å²) in [5.74, 6) is 0.297. The number of rotatable bonds is 6. The summed E-state index contributed by atoms with van der Waals surface area (Å²) in [6, 6.07) is 9.99. The molecule has 0 amide bonds. The third-order valence-electron chi connectivity index (χ3n) is 3.45. The van der Waals surface area contributed by atoms with Crippen molar-refractivity contribution >= 4 is 23.3 Å². The maximum atomic E-state index is 11.6. The number of hydrogen-bond donors (Lipinski definition) is 2. The molecule has 0 atom stereocenters. The van der Waals surface area contributed by atoms with E-state index in [0.29, 0.717) is 34.1 Å². The number of hydrogen-bond acceptors (Lipinski definition) is 5. The molecule has 24 heavy (non-hydrogen) atoms. The predicted molar refractivity (Wildman–Crippen MR) is 92.5 cm³/mol. The molecule has 2 aromatic rings. The van der Waals surface area contributed by atoms with Gasteiger partial charge in [0, 0.05) is 5.69 Å². The first-order valence-electron chi connectivity index (χ1n) is 7.11. The van der Waals surface area contributed by atoms with Crippen molar-refractivity contribution in [2.24, 2.45) is 0 Å². The van der Waals surface area contributed by atoms with E-state index in [4.69, 9.17) is 19.9 Å². The minimum atomic E-state index is -1.05. The van der Waals surface area contributed by atoms with Gasteiger partial charge >= 0.3 is 5.97 Å². The zero-order chi connectivity index (χ0) is 17.7. The van der Waals surface area contributed by atoms with Gasteiger partial charge in [0.1, 0.15) is 0 Å². The summed E-state index contributed by atoms with van der Waals surface area (Å²) in [5, 5.41) is 9.52. The van der Waals surface area contributed by atoms with Crippen LogP contribution in [0.4, 0.5) is 5.69 Å². The Hall–Kier alpha value is -3.15. The van der Waals surface area contributed by atoms with Crippen molar-refractivity contribution in [2.45, 2.75) is 0 Å². The van der Waals surface area contributed by atoms with Crippen LogP contribution in [0.5, 0.6) is 17.2 Å². The summed E-state index contributed by atoms with van der Waals surface area (Å²) in [6.07, 6.45) is 1.54. The Labute approximate surface area is 140 Å². The first-order chi connectivity index (χ1) is 11.5. The highest BCUT2D eigenvalue weighted by Gasteiger charge is 2.15. The third-order valence-corrected chi connectivity index (χ3v) is 3.45. The Morgan fingerprint density at radius 2 is 1.54 bits per heavy atom. The molecule has 2 rings (SSSR count). The van der Waals surface area contributed by atoms with E-state index in [1.54, 1.807) is 42.5 Å².